The first kappa shape index (κ1) is 28.4. The Kier molecular flexibility index (Phi) is 8.34. The number of aryl methyl sites for hydroxylation is 2. The van der Waals surface area contributed by atoms with Crippen LogP contribution in [0.25, 0.3) is 22.2 Å². The number of hydrogen-bond acceptors (Lipinski definition) is 5. The highest BCUT2D eigenvalue weighted by atomic mass is 79.9. The number of rotatable bonds is 10. The number of ether oxygens (including phenoxy) is 3. The van der Waals surface area contributed by atoms with Gasteiger partial charge in [-0.1, -0.05) is 60.1 Å². The van der Waals surface area contributed by atoms with Crippen LogP contribution in [0.4, 0.5) is 0 Å². The molecule has 0 N–H and O–H groups in total. The molecule has 1 atom stereocenters. The van der Waals surface area contributed by atoms with Gasteiger partial charge in [-0.3, -0.25) is 9.78 Å². The summed E-state index contributed by atoms with van der Waals surface area (Å²) in [6.45, 7) is 9.51. The summed E-state index contributed by atoms with van der Waals surface area (Å²) in [5.41, 5.74) is 7.69. The SMILES string of the molecule is COC(C)c1ncc(OCc2ccccc2)cc1-c1c(CC(C)(C)COC(C)=O)c2cc(Br)cc3c2n1CCC3. The number of esters is 1. The summed E-state index contributed by atoms with van der Waals surface area (Å²) in [5.74, 6) is 0.452. The maximum Gasteiger partial charge on any atom is 0.302 e. The molecule has 0 saturated heterocycles. The van der Waals surface area contributed by atoms with Crippen LogP contribution in [0.15, 0.2) is 59.2 Å². The molecule has 0 saturated carbocycles. The van der Waals surface area contributed by atoms with Crippen molar-refractivity contribution in [3.63, 3.8) is 0 Å². The normalized spacial score (nSPS) is 13.8. The second-order valence-electron chi connectivity index (χ2n) is 11.4. The molecule has 1 aliphatic rings. The Morgan fingerprint density at radius 3 is 2.67 bits per heavy atom. The van der Waals surface area contributed by atoms with Crippen molar-refractivity contribution in [2.75, 3.05) is 13.7 Å². The van der Waals surface area contributed by atoms with Crippen molar-refractivity contribution < 1.29 is 19.0 Å². The topological polar surface area (TPSA) is 62.6 Å². The molecule has 1 aliphatic heterocycles. The van der Waals surface area contributed by atoms with Crippen molar-refractivity contribution in [3.8, 4) is 17.0 Å². The van der Waals surface area contributed by atoms with Crippen molar-refractivity contribution in [2.24, 2.45) is 5.41 Å². The van der Waals surface area contributed by atoms with Gasteiger partial charge in [0.05, 0.1) is 35.8 Å². The van der Waals surface area contributed by atoms with Crippen molar-refractivity contribution in [1.82, 2.24) is 9.55 Å². The lowest BCUT2D eigenvalue weighted by Crippen LogP contribution is -2.24. The molecule has 2 aromatic heterocycles. The summed E-state index contributed by atoms with van der Waals surface area (Å²) in [7, 11) is 1.72. The molecule has 0 bridgehead atoms. The van der Waals surface area contributed by atoms with Crippen molar-refractivity contribution >= 4 is 32.8 Å². The Hall–Kier alpha value is -3.16. The zero-order valence-electron chi connectivity index (χ0n) is 23.9. The molecule has 0 spiro atoms. The predicted molar refractivity (Wildman–Crippen MR) is 162 cm³/mol. The van der Waals surface area contributed by atoms with Gasteiger partial charge in [-0.15, -0.1) is 0 Å². The molecular formula is C33H37BrN2O4. The van der Waals surface area contributed by atoms with E-state index in [0.717, 1.165) is 52.8 Å². The molecule has 0 radical (unpaired) electrons. The number of hydrogen-bond donors (Lipinski definition) is 0. The van der Waals surface area contributed by atoms with Gasteiger partial charge in [0.2, 0.25) is 0 Å². The smallest absolute Gasteiger partial charge is 0.302 e. The van der Waals surface area contributed by atoms with Crippen LogP contribution in [0.2, 0.25) is 0 Å². The molecule has 1 unspecified atom stereocenters. The Labute approximate surface area is 244 Å². The summed E-state index contributed by atoms with van der Waals surface area (Å²) in [6, 6.07) is 16.7. The molecule has 3 heterocycles. The minimum Gasteiger partial charge on any atom is -0.487 e. The minimum absolute atomic E-state index is 0.208. The monoisotopic (exact) mass is 604 g/mol. The van der Waals surface area contributed by atoms with Gasteiger partial charge >= 0.3 is 5.97 Å². The number of benzene rings is 2. The van der Waals surface area contributed by atoms with Crippen LogP contribution in [0.1, 0.15) is 62.6 Å². The Morgan fingerprint density at radius 2 is 1.95 bits per heavy atom. The second kappa shape index (κ2) is 11.8. The van der Waals surface area contributed by atoms with Gasteiger partial charge < -0.3 is 18.8 Å². The van der Waals surface area contributed by atoms with E-state index in [1.165, 1.54) is 29.0 Å². The molecule has 6 nitrogen and oxygen atoms in total. The lowest BCUT2D eigenvalue weighted by Gasteiger charge is -2.26. The third-order valence-electron chi connectivity index (χ3n) is 7.59. The third-order valence-corrected chi connectivity index (χ3v) is 8.05. The van der Waals surface area contributed by atoms with E-state index in [0.29, 0.717) is 19.0 Å². The molecule has 40 heavy (non-hydrogen) atoms. The summed E-state index contributed by atoms with van der Waals surface area (Å²) in [4.78, 5) is 16.6. The van der Waals surface area contributed by atoms with E-state index in [9.17, 15) is 4.79 Å². The summed E-state index contributed by atoms with van der Waals surface area (Å²) in [5, 5.41) is 1.22. The number of nitrogens with zero attached hydrogens (tertiary/aromatic N) is 2. The number of halogens is 1. The average molecular weight is 606 g/mol. The first-order chi connectivity index (χ1) is 19.2. The Bertz CT molecular complexity index is 1530. The van der Waals surface area contributed by atoms with E-state index in [2.05, 4.69) is 64.7 Å². The van der Waals surface area contributed by atoms with Crippen LogP contribution in [-0.2, 0) is 40.3 Å². The number of methoxy groups -OCH3 is 1. The predicted octanol–water partition coefficient (Wildman–Crippen LogP) is 7.83. The number of carbonyl (C=O) groups excluding carboxylic acids is 1. The summed E-state index contributed by atoms with van der Waals surface area (Å²) in [6.07, 6.45) is 4.41. The molecular weight excluding hydrogens is 568 g/mol. The first-order valence-corrected chi connectivity index (χ1v) is 14.6. The van der Waals surface area contributed by atoms with Crippen molar-refractivity contribution in [2.45, 2.75) is 66.2 Å². The molecule has 5 rings (SSSR count). The lowest BCUT2D eigenvalue weighted by molar-refractivity contribution is -0.143. The van der Waals surface area contributed by atoms with Crippen LogP contribution < -0.4 is 4.74 Å². The maximum atomic E-state index is 11.7. The quantitative estimate of drug-likeness (QED) is 0.173. The molecule has 0 fully saturated rings. The summed E-state index contributed by atoms with van der Waals surface area (Å²) >= 11 is 3.77. The maximum absolute atomic E-state index is 11.7. The largest absolute Gasteiger partial charge is 0.487 e. The highest BCUT2D eigenvalue weighted by molar-refractivity contribution is 9.10. The van der Waals surface area contributed by atoms with Gasteiger partial charge in [-0.05, 0) is 61.1 Å². The van der Waals surface area contributed by atoms with Crippen LogP contribution in [0, 0.1) is 5.41 Å². The second-order valence-corrected chi connectivity index (χ2v) is 12.3. The van der Waals surface area contributed by atoms with Crippen LogP contribution >= 0.6 is 15.9 Å². The molecule has 0 aliphatic carbocycles. The number of pyridine rings is 1. The van der Waals surface area contributed by atoms with E-state index < -0.39 is 0 Å². The Balaban J connectivity index is 1.69. The van der Waals surface area contributed by atoms with E-state index in [1.807, 2.05) is 25.1 Å². The van der Waals surface area contributed by atoms with E-state index >= 15 is 0 Å². The van der Waals surface area contributed by atoms with Crippen LogP contribution in [0.3, 0.4) is 0 Å². The highest BCUT2D eigenvalue weighted by Crippen LogP contribution is 2.44. The van der Waals surface area contributed by atoms with E-state index in [1.54, 1.807) is 13.3 Å². The fourth-order valence-corrected chi connectivity index (χ4v) is 6.17. The molecule has 210 valence electrons. The van der Waals surface area contributed by atoms with Gasteiger partial charge in [0.25, 0.3) is 0 Å². The van der Waals surface area contributed by atoms with E-state index in [4.69, 9.17) is 19.2 Å². The van der Waals surface area contributed by atoms with Crippen molar-refractivity contribution in [1.29, 1.82) is 0 Å². The van der Waals surface area contributed by atoms with Gasteiger partial charge in [-0.25, -0.2) is 0 Å². The summed E-state index contributed by atoms with van der Waals surface area (Å²) < 4.78 is 21.1. The van der Waals surface area contributed by atoms with Gasteiger partial charge in [-0.2, -0.15) is 0 Å². The molecule has 4 aromatic rings. The third kappa shape index (κ3) is 5.96. The molecule has 0 amide bonds. The fourth-order valence-electron chi connectivity index (χ4n) is 5.66. The van der Waals surface area contributed by atoms with Crippen LogP contribution in [0.5, 0.6) is 5.75 Å². The fraction of sp³-hybridized carbons (Fsp3) is 0.394. The van der Waals surface area contributed by atoms with Gasteiger partial charge in [0.15, 0.2) is 0 Å². The standard InChI is InChI=1S/C33H37BrN2O4/c1-21(38-5)30-28(16-26(18-35-30)39-19-23-10-7-6-8-11-23)32-29(17-33(3,4)20-40-22(2)37)27-15-25(34)14-24-12-9-13-36(32)31(24)27/h6-8,10-11,14-16,18,21H,9,12-13,17,19-20H2,1-5H3. The zero-order chi connectivity index (χ0) is 28.4. The highest BCUT2D eigenvalue weighted by Gasteiger charge is 2.31. The zero-order valence-corrected chi connectivity index (χ0v) is 25.5. The van der Waals surface area contributed by atoms with Crippen LogP contribution in [-0.4, -0.2) is 29.2 Å². The molecule has 7 heteroatoms. The van der Waals surface area contributed by atoms with Crippen molar-refractivity contribution in [3.05, 3.63) is 81.6 Å². The first-order valence-electron chi connectivity index (χ1n) is 13.8. The number of aromatic nitrogens is 2. The average Bonchev–Trinajstić information content (AvgIpc) is 3.23. The van der Waals surface area contributed by atoms with E-state index in [-0.39, 0.29) is 17.5 Å². The number of carbonyl (C=O) groups is 1. The molecule has 2 aromatic carbocycles. The van der Waals surface area contributed by atoms with Gasteiger partial charge in [0.1, 0.15) is 12.4 Å². The Morgan fingerprint density at radius 1 is 1.18 bits per heavy atom. The minimum atomic E-state index is -0.280. The van der Waals surface area contributed by atoms with Gasteiger partial charge in [0, 0.05) is 41.4 Å². The lowest BCUT2D eigenvalue weighted by atomic mass is 9.84.